The average Bonchev–Trinajstić information content (AvgIpc) is 3.04. The maximum atomic E-state index is 11.3. The van der Waals surface area contributed by atoms with Crippen LogP contribution in [0.15, 0.2) is 54.9 Å². The van der Waals surface area contributed by atoms with Crippen LogP contribution in [0.4, 0.5) is 5.69 Å². The third kappa shape index (κ3) is 3.73. The molecule has 27 heavy (non-hydrogen) atoms. The van der Waals surface area contributed by atoms with E-state index in [9.17, 15) is 4.79 Å². The van der Waals surface area contributed by atoms with Crippen LogP contribution in [-0.2, 0) is 11.2 Å². The van der Waals surface area contributed by atoms with Gasteiger partial charge in [0.25, 0.3) is 0 Å². The minimum Gasteiger partial charge on any atom is -0.492 e. The number of ether oxygens (including phenoxy) is 1. The van der Waals surface area contributed by atoms with E-state index in [0.717, 1.165) is 39.5 Å². The molecule has 0 bridgehead atoms. The lowest BCUT2D eigenvalue weighted by molar-refractivity contribution is -0.114. The summed E-state index contributed by atoms with van der Waals surface area (Å²) in [7, 11) is 0. The van der Waals surface area contributed by atoms with E-state index >= 15 is 0 Å². The van der Waals surface area contributed by atoms with Crippen molar-refractivity contribution in [3.63, 3.8) is 0 Å². The fourth-order valence-corrected chi connectivity index (χ4v) is 3.30. The zero-order valence-corrected chi connectivity index (χ0v) is 15.5. The van der Waals surface area contributed by atoms with Crippen LogP contribution in [-0.4, -0.2) is 22.5 Å². The summed E-state index contributed by atoms with van der Waals surface area (Å²) in [5.41, 5.74) is 3.74. The van der Waals surface area contributed by atoms with Gasteiger partial charge in [0.05, 0.1) is 29.0 Å². The zero-order valence-electron chi connectivity index (χ0n) is 14.8. The van der Waals surface area contributed by atoms with Gasteiger partial charge in [0.15, 0.2) is 0 Å². The average molecular weight is 380 g/mol. The molecule has 2 N–H and O–H groups in total. The summed E-state index contributed by atoms with van der Waals surface area (Å²) in [6, 6.07) is 13.7. The first-order valence-electron chi connectivity index (χ1n) is 8.65. The van der Waals surface area contributed by atoms with Crippen molar-refractivity contribution >= 4 is 45.0 Å². The number of aromatic nitrogens is 2. The molecule has 0 saturated carbocycles. The van der Waals surface area contributed by atoms with E-state index in [4.69, 9.17) is 16.3 Å². The van der Waals surface area contributed by atoms with E-state index in [-0.39, 0.29) is 5.91 Å². The predicted molar refractivity (Wildman–Crippen MR) is 109 cm³/mol. The normalized spacial score (nSPS) is 11.0. The zero-order chi connectivity index (χ0) is 18.8. The number of hydrogen-bond acceptors (Lipinski definition) is 3. The summed E-state index contributed by atoms with van der Waals surface area (Å²) in [6.07, 6.45) is 4.25. The molecule has 0 fully saturated rings. The molecular weight excluding hydrogens is 362 g/mol. The van der Waals surface area contributed by atoms with Crippen molar-refractivity contribution in [2.75, 3.05) is 11.9 Å². The van der Waals surface area contributed by atoms with Crippen LogP contribution >= 0.6 is 11.6 Å². The minimum absolute atomic E-state index is 0.0906. The lowest BCUT2D eigenvalue weighted by Crippen LogP contribution is -2.05. The number of amides is 1. The number of benzene rings is 2. The molecule has 0 radical (unpaired) electrons. The van der Waals surface area contributed by atoms with Gasteiger partial charge in [-0.3, -0.25) is 9.78 Å². The number of anilines is 1. The molecular formula is C21H18ClN3O2. The molecule has 1 amide bonds. The van der Waals surface area contributed by atoms with Crippen molar-refractivity contribution in [1.82, 2.24) is 9.97 Å². The van der Waals surface area contributed by atoms with Crippen LogP contribution in [0.3, 0.4) is 0 Å². The summed E-state index contributed by atoms with van der Waals surface area (Å²) in [5.74, 6) is 0.601. The van der Waals surface area contributed by atoms with E-state index in [1.54, 1.807) is 12.4 Å². The third-order valence-corrected chi connectivity index (χ3v) is 4.69. The highest BCUT2D eigenvalue weighted by Gasteiger charge is 2.07. The largest absolute Gasteiger partial charge is 0.492 e. The first-order valence-corrected chi connectivity index (χ1v) is 9.02. The molecule has 0 unspecified atom stereocenters. The summed E-state index contributed by atoms with van der Waals surface area (Å²) in [4.78, 5) is 18.9. The fraction of sp³-hybridized carbons (Fsp3) is 0.143. The van der Waals surface area contributed by atoms with Crippen LogP contribution in [0.5, 0.6) is 5.75 Å². The highest BCUT2D eigenvalue weighted by atomic mass is 35.5. The number of pyridine rings is 1. The van der Waals surface area contributed by atoms with E-state index in [2.05, 4.69) is 27.4 Å². The predicted octanol–water partition coefficient (Wildman–Crippen LogP) is 4.95. The summed E-state index contributed by atoms with van der Waals surface area (Å²) in [6.45, 7) is 2.02. The Kier molecular flexibility index (Phi) is 4.69. The number of fused-ring (bicyclic) bond motifs is 2. The Balaban J connectivity index is 1.47. The molecule has 4 rings (SSSR count). The van der Waals surface area contributed by atoms with Gasteiger partial charge >= 0.3 is 0 Å². The molecule has 0 spiro atoms. The molecule has 0 aliphatic carbocycles. The van der Waals surface area contributed by atoms with Gasteiger partial charge in [0, 0.05) is 35.8 Å². The lowest BCUT2D eigenvalue weighted by atomic mass is 10.1. The second kappa shape index (κ2) is 7.29. The maximum absolute atomic E-state index is 11.3. The number of halogens is 1. The van der Waals surface area contributed by atoms with Gasteiger partial charge in [0.2, 0.25) is 5.91 Å². The van der Waals surface area contributed by atoms with Crippen molar-refractivity contribution in [3.05, 3.63) is 65.4 Å². The van der Waals surface area contributed by atoms with Crippen LogP contribution in [0.2, 0.25) is 5.02 Å². The minimum atomic E-state index is -0.0906. The van der Waals surface area contributed by atoms with Crippen LogP contribution < -0.4 is 10.1 Å². The topological polar surface area (TPSA) is 67.0 Å². The first kappa shape index (κ1) is 17.4. The Labute approximate surface area is 161 Å². The van der Waals surface area contributed by atoms with Crippen molar-refractivity contribution < 1.29 is 9.53 Å². The fourth-order valence-electron chi connectivity index (χ4n) is 3.08. The molecule has 5 nitrogen and oxygen atoms in total. The standard InChI is InChI=1S/C21H18ClN3O2/c1-13(26)25-21-12-24-20-6-5-14(9-17(20)21)7-8-27-15-10-16-18(22)3-2-4-19(16)23-11-15/h2-6,9-12,24H,7-8H2,1H3,(H,25,26). The maximum Gasteiger partial charge on any atom is 0.221 e. The van der Waals surface area contributed by atoms with Gasteiger partial charge in [-0.2, -0.15) is 0 Å². The first-order chi connectivity index (χ1) is 13.1. The van der Waals surface area contributed by atoms with Gasteiger partial charge in [-0.1, -0.05) is 23.7 Å². The molecule has 2 aromatic heterocycles. The lowest BCUT2D eigenvalue weighted by Gasteiger charge is -2.08. The molecule has 2 heterocycles. The van der Waals surface area contributed by atoms with E-state index < -0.39 is 0 Å². The van der Waals surface area contributed by atoms with Crippen molar-refractivity contribution in [2.24, 2.45) is 0 Å². The monoisotopic (exact) mass is 379 g/mol. The van der Waals surface area contributed by atoms with Gasteiger partial charge in [-0.05, 0) is 35.9 Å². The van der Waals surface area contributed by atoms with Crippen molar-refractivity contribution in [3.8, 4) is 5.75 Å². The highest BCUT2D eigenvalue weighted by molar-refractivity contribution is 6.35. The van der Waals surface area contributed by atoms with Crippen molar-refractivity contribution in [1.29, 1.82) is 0 Å². The Morgan fingerprint density at radius 2 is 2.11 bits per heavy atom. The Hall–Kier alpha value is -3.05. The smallest absolute Gasteiger partial charge is 0.221 e. The van der Waals surface area contributed by atoms with Crippen LogP contribution in [0, 0.1) is 0 Å². The Morgan fingerprint density at radius 1 is 1.22 bits per heavy atom. The van der Waals surface area contributed by atoms with Crippen LogP contribution in [0.25, 0.3) is 21.8 Å². The van der Waals surface area contributed by atoms with E-state index in [1.807, 2.05) is 30.3 Å². The van der Waals surface area contributed by atoms with Gasteiger partial charge < -0.3 is 15.0 Å². The Bertz CT molecular complexity index is 1140. The number of carbonyl (C=O) groups is 1. The van der Waals surface area contributed by atoms with E-state index in [0.29, 0.717) is 17.4 Å². The van der Waals surface area contributed by atoms with Crippen molar-refractivity contribution in [2.45, 2.75) is 13.3 Å². The number of aromatic amines is 1. The molecule has 0 aliphatic rings. The molecule has 0 aliphatic heterocycles. The van der Waals surface area contributed by atoms with E-state index in [1.165, 1.54) is 6.92 Å². The summed E-state index contributed by atoms with van der Waals surface area (Å²) in [5, 5.41) is 5.37. The molecule has 0 atom stereocenters. The second-order valence-corrected chi connectivity index (χ2v) is 6.75. The SMILES string of the molecule is CC(=O)Nc1c[nH]c2ccc(CCOc3cnc4cccc(Cl)c4c3)cc12. The molecule has 136 valence electrons. The number of carbonyl (C=O) groups excluding carboxylic acids is 1. The highest BCUT2D eigenvalue weighted by Crippen LogP contribution is 2.26. The summed E-state index contributed by atoms with van der Waals surface area (Å²) >= 11 is 6.23. The summed E-state index contributed by atoms with van der Waals surface area (Å²) < 4.78 is 5.86. The molecule has 0 saturated heterocycles. The third-order valence-electron chi connectivity index (χ3n) is 4.36. The number of rotatable bonds is 5. The number of H-pyrrole nitrogens is 1. The Morgan fingerprint density at radius 3 is 2.96 bits per heavy atom. The number of nitrogens with one attached hydrogen (secondary N) is 2. The number of hydrogen-bond donors (Lipinski definition) is 2. The quantitative estimate of drug-likeness (QED) is 0.515. The second-order valence-electron chi connectivity index (χ2n) is 6.34. The van der Waals surface area contributed by atoms with Gasteiger partial charge in [-0.15, -0.1) is 0 Å². The molecule has 6 heteroatoms. The van der Waals surface area contributed by atoms with Crippen LogP contribution in [0.1, 0.15) is 12.5 Å². The number of nitrogens with zero attached hydrogens (tertiary/aromatic N) is 1. The van der Waals surface area contributed by atoms with Gasteiger partial charge in [-0.25, -0.2) is 0 Å². The molecule has 4 aromatic rings. The molecule has 2 aromatic carbocycles. The van der Waals surface area contributed by atoms with Gasteiger partial charge in [0.1, 0.15) is 5.75 Å².